The number of amides is 2. The predicted octanol–water partition coefficient (Wildman–Crippen LogP) is 4.71. The Morgan fingerprint density at radius 2 is 1.77 bits per heavy atom. The number of hydrogen-bond acceptors (Lipinski definition) is 7. The van der Waals surface area contributed by atoms with E-state index in [0.717, 1.165) is 15.8 Å². The number of sulfonamides is 1. The van der Waals surface area contributed by atoms with Gasteiger partial charge in [-0.15, -0.1) is 11.3 Å². The summed E-state index contributed by atoms with van der Waals surface area (Å²) in [6, 6.07) is 15.8. The molecule has 2 aromatic heterocycles. The molecule has 178 valence electrons. The number of rotatable bonds is 8. The van der Waals surface area contributed by atoms with E-state index in [9.17, 15) is 18.0 Å². The molecule has 4 rings (SSSR count). The molecule has 0 bridgehead atoms. The molecule has 4 aromatic rings. The fourth-order valence-corrected chi connectivity index (χ4v) is 4.89. The molecule has 0 saturated heterocycles. The number of furan rings is 1. The van der Waals surface area contributed by atoms with Gasteiger partial charge in [0.25, 0.3) is 21.8 Å². The largest absolute Gasteiger partial charge is 0.459 e. The minimum atomic E-state index is -3.83. The van der Waals surface area contributed by atoms with Crippen LogP contribution in [-0.2, 0) is 14.8 Å². The van der Waals surface area contributed by atoms with Crippen LogP contribution in [0.5, 0.6) is 0 Å². The number of nitrogens with one attached hydrogen (secondary N) is 3. The summed E-state index contributed by atoms with van der Waals surface area (Å²) >= 11 is 4.51. The fraction of sp³-hybridized carbons (Fsp3) is 0. The van der Waals surface area contributed by atoms with Crippen molar-refractivity contribution in [2.45, 2.75) is 4.90 Å². The van der Waals surface area contributed by atoms with Gasteiger partial charge in [0, 0.05) is 21.7 Å². The van der Waals surface area contributed by atoms with E-state index in [1.54, 1.807) is 35.7 Å². The lowest BCUT2D eigenvalue weighted by Gasteiger charge is -2.11. The van der Waals surface area contributed by atoms with Crippen LogP contribution in [0.15, 0.2) is 98.0 Å². The molecule has 0 atom stereocenters. The maximum absolute atomic E-state index is 13.0. The summed E-state index contributed by atoms with van der Waals surface area (Å²) in [5.41, 5.74) is 0.973. The number of carbonyl (C=O) groups excluding carboxylic acids is 2. The first kappa shape index (κ1) is 24.4. The normalized spacial score (nSPS) is 11.6. The number of aromatic nitrogens is 1. The lowest BCUT2D eigenvalue weighted by Crippen LogP contribution is -2.30. The van der Waals surface area contributed by atoms with Gasteiger partial charge >= 0.3 is 0 Å². The van der Waals surface area contributed by atoms with Crippen LogP contribution < -0.4 is 15.4 Å². The maximum atomic E-state index is 13.0. The third-order valence-corrected chi connectivity index (χ3v) is 7.20. The quantitative estimate of drug-likeness (QED) is 0.262. The fourth-order valence-electron chi connectivity index (χ4n) is 2.84. The molecular formula is C23H17BrN4O5S2. The predicted molar refractivity (Wildman–Crippen MR) is 136 cm³/mol. The van der Waals surface area contributed by atoms with E-state index >= 15 is 0 Å². The average Bonchev–Trinajstić information content (AvgIpc) is 3.55. The second-order valence-electron chi connectivity index (χ2n) is 6.96. The molecular weight excluding hydrogens is 556 g/mol. The van der Waals surface area contributed by atoms with Crippen LogP contribution in [0.2, 0.25) is 0 Å². The lowest BCUT2D eigenvalue weighted by molar-refractivity contribution is -0.113. The van der Waals surface area contributed by atoms with Gasteiger partial charge in [0.05, 0.1) is 11.2 Å². The van der Waals surface area contributed by atoms with Gasteiger partial charge in [0.2, 0.25) is 0 Å². The number of thiazole rings is 1. The smallest absolute Gasteiger partial charge is 0.291 e. The second kappa shape index (κ2) is 10.7. The van der Waals surface area contributed by atoms with E-state index in [1.807, 2.05) is 0 Å². The van der Waals surface area contributed by atoms with Crippen molar-refractivity contribution in [1.29, 1.82) is 0 Å². The van der Waals surface area contributed by atoms with Gasteiger partial charge in [-0.05, 0) is 60.2 Å². The van der Waals surface area contributed by atoms with Gasteiger partial charge in [0.1, 0.15) is 5.70 Å². The third kappa shape index (κ3) is 6.44. The first-order valence-electron chi connectivity index (χ1n) is 9.96. The van der Waals surface area contributed by atoms with Gasteiger partial charge in [-0.3, -0.25) is 14.3 Å². The van der Waals surface area contributed by atoms with Crippen molar-refractivity contribution in [3.63, 3.8) is 0 Å². The van der Waals surface area contributed by atoms with Crippen LogP contribution in [0.1, 0.15) is 16.1 Å². The summed E-state index contributed by atoms with van der Waals surface area (Å²) in [6.45, 7) is 0. The minimum absolute atomic E-state index is 0.00227. The maximum Gasteiger partial charge on any atom is 0.291 e. The number of benzene rings is 2. The van der Waals surface area contributed by atoms with E-state index in [1.165, 1.54) is 48.9 Å². The van der Waals surface area contributed by atoms with Crippen LogP contribution in [0, 0.1) is 0 Å². The lowest BCUT2D eigenvalue weighted by atomic mass is 10.2. The summed E-state index contributed by atoms with van der Waals surface area (Å²) in [5.74, 6) is -1.16. The molecule has 0 radical (unpaired) electrons. The van der Waals surface area contributed by atoms with Crippen LogP contribution in [0.25, 0.3) is 6.08 Å². The van der Waals surface area contributed by atoms with Gasteiger partial charge in [0.15, 0.2) is 10.9 Å². The average molecular weight is 573 g/mol. The number of nitrogens with zero attached hydrogens (tertiary/aromatic N) is 1. The Hall–Kier alpha value is -3.74. The molecule has 0 aliphatic carbocycles. The van der Waals surface area contributed by atoms with E-state index in [0.29, 0.717) is 11.3 Å². The van der Waals surface area contributed by atoms with Crippen LogP contribution in [0.4, 0.5) is 10.8 Å². The molecule has 0 aliphatic rings. The van der Waals surface area contributed by atoms with Crippen LogP contribution in [0.3, 0.4) is 0 Å². The zero-order chi connectivity index (χ0) is 24.8. The Balaban J connectivity index is 1.52. The SMILES string of the molecule is O=C(Nc1ccc(S(=O)(=O)Nc2nccs2)cc1)C(=Cc1ccc(Br)cc1)NC(=O)c1ccco1. The number of halogens is 1. The van der Waals surface area contributed by atoms with Crippen molar-refractivity contribution in [1.82, 2.24) is 10.3 Å². The topological polar surface area (TPSA) is 130 Å². The van der Waals surface area contributed by atoms with Crippen molar-refractivity contribution < 1.29 is 22.4 Å². The number of anilines is 2. The van der Waals surface area contributed by atoms with Crippen molar-refractivity contribution in [3.05, 3.63) is 100.0 Å². The zero-order valence-corrected chi connectivity index (χ0v) is 21.0. The summed E-state index contributed by atoms with van der Waals surface area (Å²) < 4.78 is 33.3. The number of carbonyl (C=O) groups is 2. The van der Waals surface area contributed by atoms with Crippen molar-refractivity contribution in [2.75, 3.05) is 10.0 Å². The standard InChI is InChI=1S/C23H17BrN4O5S2/c24-16-5-3-15(4-6-16)14-19(27-22(30)20-2-1-12-33-20)21(29)26-17-7-9-18(10-8-17)35(31,32)28-23-25-11-13-34-23/h1-14H,(H,25,28)(H,26,29)(H,27,30). The van der Waals surface area contributed by atoms with E-state index < -0.39 is 21.8 Å². The first-order valence-corrected chi connectivity index (χ1v) is 13.1. The summed E-state index contributed by atoms with van der Waals surface area (Å²) in [7, 11) is -3.83. The molecule has 2 aromatic carbocycles. The number of hydrogen-bond donors (Lipinski definition) is 3. The summed E-state index contributed by atoms with van der Waals surface area (Å²) in [5, 5.41) is 7.12. The highest BCUT2D eigenvalue weighted by Gasteiger charge is 2.18. The first-order chi connectivity index (χ1) is 16.8. The molecule has 2 heterocycles. The second-order valence-corrected chi connectivity index (χ2v) is 10.5. The highest BCUT2D eigenvalue weighted by Crippen LogP contribution is 2.20. The van der Waals surface area contributed by atoms with Gasteiger partial charge < -0.3 is 15.1 Å². The van der Waals surface area contributed by atoms with Gasteiger partial charge in [-0.1, -0.05) is 28.1 Å². The molecule has 0 aliphatic heterocycles. The minimum Gasteiger partial charge on any atom is -0.459 e. The van der Waals surface area contributed by atoms with Crippen molar-refractivity contribution in [2.24, 2.45) is 0 Å². The Labute approximate surface area is 213 Å². The monoisotopic (exact) mass is 572 g/mol. The Bertz CT molecular complexity index is 1450. The molecule has 0 unspecified atom stereocenters. The molecule has 12 heteroatoms. The summed E-state index contributed by atoms with van der Waals surface area (Å²) in [4.78, 5) is 29.4. The molecule has 0 saturated carbocycles. The molecule has 35 heavy (non-hydrogen) atoms. The molecule has 0 spiro atoms. The van der Waals surface area contributed by atoms with E-state index in [-0.39, 0.29) is 21.5 Å². The molecule has 2 amide bonds. The third-order valence-electron chi connectivity index (χ3n) is 4.50. The van der Waals surface area contributed by atoms with Crippen molar-refractivity contribution in [3.8, 4) is 0 Å². The van der Waals surface area contributed by atoms with Crippen molar-refractivity contribution >= 4 is 66.0 Å². The Morgan fingerprint density at radius 1 is 1.03 bits per heavy atom. The van der Waals surface area contributed by atoms with Gasteiger partial charge in [-0.25, -0.2) is 13.4 Å². The van der Waals surface area contributed by atoms with Crippen LogP contribution >= 0.6 is 27.3 Å². The van der Waals surface area contributed by atoms with E-state index in [4.69, 9.17) is 4.42 Å². The zero-order valence-electron chi connectivity index (χ0n) is 17.8. The highest BCUT2D eigenvalue weighted by molar-refractivity contribution is 9.10. The summed E-state index contributed by atoms with van der Waals surface area (Å²) in [6.07, 6.45) is 4.36. The van der Waals surface area contributed by atoms with E-state index in [2.05, 4.69) is 36.3 Å². The van der Waals surface area contributed by atoms with Crippen LogP contribution in [-0.4, -0.2) is 25.2 Å². The molecule has 0 fully saturated rings. The highest BCUT2D eigenvalue weighted by atomic mass is 79.9. The van der Waals surface area contributed by atoms with Gasteiger partial charge in [-0.2, -0.15) is 0 Å². The Kier molecular flexibility index (Phi) is 7.44. The molecule has 3 N–H and O–H groups in total. The Morgan fingerprint density at radius 3 is 2.40 bits per heavy atom. The molecule has 9 nitrogen and oxygen atoms in total.